The number of phenolic OH excluding ortho intramolecular Hbond substituents is 1. The molecule has 2 aromatic carbocycles. The highest BCUT2D eigenvalue weighted by Crippen LogP contribution is 2.66. The summed E-state index contributed by atoms with van der Waals surface area (Å²) in [5.74, 6) is -6.43. The highest BCUT2D eigenvalue weighted by atomic mass is 35.5. The second-order valence-electron chi connectivity index (χ2n) is 10.8. The van der Waals surface area contributed by atoms with Crippen molar-refractivity contribution in [2.45, 2.75) is 28.5 Å². The number of anilines is 1. The Hall–Kier alpha value is -3.63. The van der Waals surface area contributed by atoms with Gasteiger partial charge in [0.25, 0.3) is 11.8 Å². The Labute approximate surface area is 244 Å². The molecule has 3 fully saturated rings. The van der Waals surface area contributed by atoms with Crippen molar-refractivity contribution in [3.8, 4) is 17.2 Å². The van der Waals surface area contributed by atoms with E-state index in [9.17, 15) is 28.7 Å². The number of alkyl halides is 2. The molecule has 9 nitrogen and oxygen atoms in total. The Morgan fingerprint density at radius 1 is 0.951 bits per heavy atom. The number of carbonyl (C=O) groups is 4. The summed E-state index contributed by atoms with van der Waals surface area (Å²) in [7, 11) is 4.10. The van der Waals surface area contributed by atoms with Crippen LogP contribution in [0.25, 0.3) is 0 Å². The third kappa shape index (κ3) is 3.46. The van der Waals surface area contributed by atoms with Gasteiger partial charge in [-0.05, 0) is 60.7 Å². The molecule has 0 aromatic heterocycles. The first-order valence-electron chi connectivity index (χ1n) is 12.9. The van der Waals surface area contributed by atoms with Gasteiger partial charge in [-0.2, -0.15) is 0 Å². The molecule has 2 heterocycles. The second kappa shape index (κ2) is 9.19. The topological polar surface area (TPSA) is 113 Å². The van der Waals surface area contributed by atoms with Gasteiger partial charge in [0, 0.05) is 13.0 Å². The summed E-state index contributed by atoms with van der Waals surface area (Å²) in [6.07, 6.45) is 1.83. The van der Waals surface area contributed by atoms with Crippen molar-refractivity contribution in [2.24, 2.45) is 17.8 Å². The smallest absolute Gasteiger partial charge is 0.258 e. The number of imide groups is 2. The molecule has 2 aliphatic heterocycles. The van der Waals surface area contributed by atoms with E-state index in [-0.39, 0.29) is 41.7 Å². The van der Waals surface area contributed by atoms with Gasteiger partial charge >= 0.3 is 0 Å². The average molecular weight is 603 g/mol. The lowest BCUT2D eigenvalue weighted by Crippen LogP contribution is -2.60. The number of likely N-dealkylation sites (tertiary alicyclic amines) is 1. The molecule has 2 saturated heterocycles. The Kier molecular flexibility index (Phi) is 6.17. The number of benzene rings is 2. The van der Waals surface area contributed by atoms with Crippen LogP contribution < -0.4 is 14.4 Å². The first kappa shape index (κ1) is 27.5. The first-order valence-corrected chi connectivity index (χ1v) is 13.6. The number of nitrogens with zero attached hydrogens (tertiary/aromatic N) is 2. The predicted molar refractivity (Wildman–Crippen MR) is 146 cm³/mol. The number of methoxy groups -OCH3 is 2. The molecule has 1 N–H and O–H groups in total. The van der Waals surface area contributed by atoms with Crippen molar-refractivity contribution in [3.63, 3.8) is 0 Å². The summed E-state index contributed by atoms with van der Waals surface area (Å²) in [5, 5.41) is 10.6. The van der Waals surface area contributed by atoms with E-state index in [0.29, 0.717) is 11.1 Å². The van der Waals surface area contributed by atoms with E-state index in [1.54, 1.807) is 6.08 Å². The van der Waals surface area contributed by atoms with Gasteiger partial charge in [-0.1, -0.05) is 11.6 Å². The molecule has 0 unspecified atom stereocenters. The average Bonchev–Trinajstić information content (AvgIpc) is 3.27. The number of allylic oxidation sites excluding steroid dienone is 2. The van der Waals surface area contributed by atoms with Crippen LogP contribution >= 0.6 is 23.2 Å². The van der Waals surface area contributed by atoms with Gasteiger partial charge in [-0.3, -0.25) is 24.1 Å². The predicted octanol–water partition coefficient (Wildman–Crippen LogP) is 3.74. The van der Waals surface area contributed by atoms with Crippen LogP contribution in [0.15, 0.2) is 48.0 Å². The fraction of sp³-hybridized carbons (Fsp3) is 0.379. The molecule has 2 aromatic rings. The Bertz CT molecular complexity index is 1540. The number of hydrogen-bond acceptors (Lipinski definition) is 7. The summed E-state index contributed by atoms with van der Waals surface area (Å²) in [4.78, 5) is 52.5. The lowest BCUT2D eigenvalue weighted by Gasteiger charge is -2.50. The molecule has 4 amide bonds. The summed E-state index contributed by atoms with van der Waals surface area (Å²) >= 11 is 14.6. The maximum Gasteiger partial charge on any atom is 0.258 e. The van der Waals surface area contributed by atoms with Crippen LogP contribution in [0.2, 0.25) is 0 Å². The highest BCUT2D eigenvalue weighted by Gasteiger charge is 2.76. The highest BCUT2D eigenvalue weighted by molar-refractivity contribution is 6.58. The van der Waals surface area contributed by atoms with Gasteiger partial charge in [0.15, 0.2) is 21.2 Å². The number of aromatic hydroxyl groups is 1. The van der Waals surface area contributed by atoms with E-state index in [1.165, 1.54) is 45.5 Å². The summed E-state index contributed by atoms with van der Waals surface area (Å²) in [5.41, 5.74) is 1.00. The molecule has 214 valence electrons. The van der Waals surface area contributed by atoms with Crippen LogP contribution in [0.4, 0.5) is 10.1 Å². The number of phenols is 1. The van der Waals surface area contributed by atoms with Crippen LogP contribution in [0.5, 0.6) is 17.2 Å². The van der Waals surface area contributed by atoms with Gasteiger partial charge < -0.3 is 14.6 Å². The maximum atomic E-state index is 14.3. The minimum absolute atomic E-state index is 0.0233. The molecule has 0 bridgehead atoms. The summed E-state index contributed by atoms with van der Waals surface area (Å²) < 4.78 is 24.5. The van der Waals surface area contributed by atoms with E-state index < -0.39 is 57.0 Å². The molecule has 0 spiro atoms. The SMILES string of the molecule is COc1cc([C@H]2C3=CC[C@@H]4C(=O)N(C)C(=O)[C@@H]4[C@@H]3C[C@@]3(Cl)C(=O)N(c4ccc(F)cc4)C(=O)[C@@]23Cl)cc(OC)c1O. The molecule has 0 radical (unpaired) electrons. The standard InChI is InChI=1S/C29H25Cl2FN2O7/c1-33-24(36)17-9-8-16-18(21(17)25(33)37)12-28(30)26(38)34(15-6-4-14(32)5-7-15)27(39)29(28,31)22(16)13-10-19(40-2)23(35)20(11-13)41-3/h4-8,10-11,17-18,21-22,35H,9,12H2,1-3H3/t17-,18+,21-,22-,28+,29-/m0/s1. The quantitative estimate of drug-likeness (QED) is 0.322. The normalized spacial score (nSPS) is 32.5. The zero-order valence-electron chi connectivity index (χ0n) is 22.2. The van der Waals surface area contributed by atoms with Gasteiger partial charge in [0.2, 0.25) is 17.6 Å². The van der Waals surface area contributed by atoms with E-state index in [2.05, 4.69) is 0 Å². The number of ether oxygens (including phenoxy) is 2. The van der Waals surface area contributed by atoms with Crippen LogP contribution in [-0.2, 0) is 19.2 Å². The van der Waals surface area contributed by atoms with Gasteiger partial charge in [0.05, 0.1) is 31.7 Å². The summed E-state index contributed by atoms with van der Waals surface area (Å²) in [6.45, 7) is 0. The molecule has 41 heavy (non-hydrogen) atoms. The lowest BCUT2D eigenvalue weighted by atomic mass is 9.56. The van der Waals surface area contributed by atoms with Crippen molar-refractivity contribution in [1.29, 1.82) is 0 Å². The van der Waals surface area contributed by atoms with Crippen LogP contribution in [0.1, 0.15) is 24.3 Å². The summed E-state index contributed by atoms with van der Waals surface area (Å²) in [6, 6.07) is 7.73. The lowest BCUT2D eigenvalue weighted by molar-refractivity contribution is -0.138. The minimum atomic E-state index is -2.11. The van der Waals surface area contributed by atoms with Crippen molar-refractivity contribution in [3.05, 3.63) is 59.4 Å². The monoisotopic (exact) mass is 602 g/mol. The number of amides is 4. The molecular weight excluding hydrogens is 578 g/mol. The van der Waals surface area contributed by atoms with Crippen LogP contribution in [-0.4, -0.2) is 64.7 Å². The molecule has 6 atom stereocenters. The molecule has 1 saturated carbocycles. The Balaban J connectivity index is 1.61. The molecular formula is C29H25Cl2FN2O7. The Morgan fingerprint density at radius 3 is 2.15 bits per heavy atom. The zero-order valence-corrected chi connectivity index (χ0v) is 23.7. The third-order valence-electron chi connectivity index (χ3n) is 8.95. The van der Waals surface area contributed by atoms with Crippen LogP contribution in [0, 0.1) is 23.6 Å². The molecule has 4 aliphatic rings. The van der Waals surface area contributed by atoms with E-state index in [4.69, 9.17) is 32.7 Å². The fourth-order valence-corrected chi connectivity index (χ4v) is 7.95. The molecule has 2 aliphatic carbocycles. The molecule has 12 heteroatoms. The van der Waals surface area contributed by atoms with Crippen molar-refractivity contribution >= 4 is 52.5 Å². The number of halogens is 3. The largest absolute Gasteiger partial charge is 0.502 e. The van der Waals surface area contributed by atoms with Crippen molar-refractivity contribution in [1.82, 2.24) is 4.90 Å². The Morgan fingerprint density at radius 2 is 1.56 bits per heavy atom. The minimum Gasteiger partial charge on any atom is -0.502 e. The fourth-order valence-electron chi connectivity index (χ4n) is 7.01. The zero-order chi connectivity index (χ0) is 29.6. The maximum absolute atomic E-state index is 14.3. The number of rotatable bonds is 4. The van der Waals surface area contributed by atoms with Gasteiger partial charge in [-0.15, -0.1) is 23.2 Å². The van der Waals surface area contributed by atoms with Crippen molar-refractivity contribution in [2.75, 3.05) is 26.2 Å². The van der Waals surface area contributed by atoms with E-state index >= 15 is 0 Å². The second-order valence-corrected chi connectivity index (χ2v) is 12.0. The van der Waals surface area contributed by atoms with Gasteiger partial charge in [-0.25, -0.2) is 9.29 Å². The molecule has 6 rings (SSSR count). The van der Waals surface area contributed by atoms with E-state index in [1.807, 2.05) is 0 Å². The number of hydrogen-bond donors (Lipinski definition) is 1. The van der Waals surface area contributed by atoms with Gasteiger partial charge in [0.1, 0.15) is 5.82 Å². The van der Waals surface area contributed by atoms with E-state index in [0.717, 1.165) is 21.9 Å². The third-order valence-corrected chi connectivity index (χ3v) is 10.4. The first-order chi connectivity index (χ1) is 19.4. The number of fused-ring (bicyclic) bond motifs is 4. The van der Waals surface area contributed by atoms with Crippen LogP contribution in [0.3, 0.4) is 0 Å². The van der Waals surface area contributed by atoms with Crippen molar-refractivity contribution < 1.29 is 38.1 Å². The number of carbonyl (C=O) groups excluding carboxylic acids is 4.